The molecule has 2 aliphatic rings. The molecular weight excluding hydrogens is 502 g/mol. The van der Waals surface area contributed by atoms with Crippen molar-refractivity contribution in [3.05, 3.63) is 87.3 Å². The highest BCUT2D eigenvalue weighted by Crippen LogP contribution is 2.40. The summed E-state index contributed by atoms with van der Waals surface area (Å²) in [7, 11) is 0. The van der Waals surface area contributed by atoms with E-state index in [1.54, 1.807) is 0 Å². The molecule has 0 spiro atoms. The van der Waals surface area contributed by atoms with Gasteiger partial charge in [-0.3, -0.25) is 4.79 Å². The molecule has 1 saturated carbocycles. The van der Waals surface area contributed by atoms with Crippen LogP contribution in [0.1, 0.15) is 60.8 Å². The summed E-state index contributed by atoms with van der Waals surface area (Å²) in [6.45, 7) is 5.44. The largest absolute Gasteiger partial charge is 0.488 e. The molecule has 0 unspecified atom stereocenters. The lowest BCUT2D eigenvalue weighted by atomic mass is 9.71. The van der Waals surface area contributed by atoms with E-state index in [0.29, 0.717) is 49.4 Å². The molecule has 208 valence electrons. The third kappa shape index (κ3) is 4.90. The number of rotatable bonds is 6. The minimum absolute atomic E-state index is 0.0416. The van der Waals surface area contributed by atoms with Crippen molar-refractivity contribution in [2.24, 2.45) is 5.92 Å². The Hall–Kier alpha value is -3.64. The molecule has 6 nitrogen and oxygen atoms in total. The summed E-state index contributed by atoms with van der Waals surface area (Å²) in [5, 5.41) is 14.1. The first kappa shape index (κ1) is 26.6. The number of ether oxygens (including phenoxy) is 1. The molecule has 1 aliphatic heterocycles. The number of amides is 1. The van der Waals surface area contributed by atoms with Gasteiger partial charge in [0.1, 0.15) is 17.9 Å². The Morgan fingerprint density at radius 3 is 2.73 bits per heavy atom. The summed E-state index contributed by atoms with van der Waals surface area (Å²) in [6.07, 6.45) is 5.23. The number of carbonyl (C=O) groups is 1. The third-order valence-corrected chi connectivity index (χ3v) is 9.29. The number of fused-ring (bicyclic) bond motifs is 3. The van der Waals surface area contributed by atoms with Gasteiger partial charge in [-0.05, 0) is 73.6 Å². The third-order valence-electron chi connectivity index (χ3n) is 9.29. The molecular formula is C34H37NO5. The Morgan fingerprint density at radius 1 is 1.02 bits per heavy atom. The second kappa shape index (κ2) is 10.7. The summed E-state index contributed by atoms with van der Waals surface area (Å²) < 4.78 is 12.0. The van der Waals surface area contributed by atoms with Crippen LogP contribution in [-0.4, -0.2) is 34.6 Å². The van der Waals surface area contributed by atoms with Crippen molar-refractivity contribution in [2.75, 3.05) is 13.1 Å². The Kier molecular flexibility index (Phi) is 7.13. The SMILES string of the molecule is Cc1c(CCC(=O)N2CC[C@]3(O)CCCC[C@H]3C2)c(=O)oc2c(C)c(OCc3cccc4ccccc34)ccc12. The van der Waals surface area contributed by atoms with Gasteiger partial charge in [-0.1, -0.05) is 55.3 Å². The Bertz CT molecular complexity index is 1630. The minimum atomic E-state index is -0.611. The van der Waals surface area contributed by atoms with Crippen LogP contribution in [0.2, 0.25) is 0 Å². The van der Waals surface area contributed by atoms with Crippen LogP contribution in [0, 0.1) is 19.8 Å². The normalized spacial score (nSPS) is 21.0. The molecule has 6 rings (SSSR count). The highest BCUT2D eigenvalue weighted by atomic mass is 16.5. The average Bonchev–Trinajstić information content (AvgIpc) is 2.96. The van der Waals surface area contributed by atoms with E-state index in [9.17, 15) is 14.7 Å². The summed E-state index contributed by atoms with van der Waals surface area (Å²) in [5.41, 5.74) is 2.80. The molecule has 1 N–H and O–H groups in total. The fraction of sp³-hybridized carbons (Fsp3) is 0.412. The Labute approximate surface area is 234 Å². The molecule has 1 aliphatic carbocycles. The van der Waals surface area contributed by atoms with Gasteiger partial charge >= 0.3 is 5.63 Å². The van der Waals surface area contributed by atoms with Crippen LogP contribution in [0.25, 0.3) is 21.7 Å². The highest BCUT2D eigenvalue weighted by molar-refractivity contribution is 5.87. The van der Waals surface area contributed by atoms with Crippen molar-refractivity contribution >= 4 is 27.6 Å². The number of likely N-dealkylation sites (tertiary alicyclic amines) is 1. The van der Waals surface area contributed by atoms with E-state index >= 15 is 0 Å². The topological polar surface area (TPSA) is 80.0 Å². The van der Waals surface area contributed by atoms with E-state index in [2.05, 4.69) is 24.3 Å². The van der Waals surface area contributed by atoms with Crippen LogP contribution in [0.3, 0.4) is 0 Å². The van der Waals surface area contributed by atoms with Crippen LogP contribution in [-0.2, 0) is 17.8 Å². The average molecular weight is 540 g/mol. The van der Waals surface area contributed by atoms with Crippen LogP contribution in [0.4, 0.5) is 0 Å². The van der Waals surface area contributed by atoms with Gasteiger partial charge in [0.05, 0.1) is 5.60 Å². The van der Waals surface area contributed by atoms with Crippen molar-refractivity contribution in [1.82, 2.24) is 4.90 Å². The number of carbonyl (C=O) groups excluding carboxylic acids is 1. The molecule has 2 atom stereocenters. The summed E-state index contributed by atoms with van der Waals surface area (Å²) >= 11 is 0. The maximum Gasteiger partial charge on any atom is 0.339 e. The van der Waals surface area contributed by atoms with E-state index in [4.69, 9.17) is 9.15 Å². The van der Waals surface area contributed by atoms with Gasteiger partial charge in [0.25, 0.3) is 0 Å². The Balaban J connectivity index is 1.17. The number of nitrogens with zero attached hydrogens (tertiary/aromatic N) is 1. The van der Waals surface area contributed by atoms with Gasteiger partial charge in [0.2, 0.25) is 5.91 Å². The number of aliphatic hydroxyl groups is 1. The predicted octanol–water partition coefficient (Wildman–Crippen LogP) is 6.23. The zero-order chi connectivity index (χ0) is 27.9. The second-order valence-electron chi connectivity index (χ2n) is 11.6. The fourth-order valence-electron chi connectivity index (χ4n) is 6.78. The monoisotopic (exact) mass is 539 g/mol. The maximum atomic E-state index is 13.1. The molecule has 6 heteroatoms. The minimum Gasteiger partial charge on any atom is -0.488 e. The molecule has 3 aromatic carbocycles. The van der Waals surface area contributed by atoms with Crippen LogP contribution in [0.5, 0.6) is 5.75 Å². The fourth-order valence-corrected chi connectivity index (χ4v) is 6.78. The van der Waals surface area contributed by atoms with Gasteiger partial charge in [-0.15, -0.1) is 0 Å². The lowest BCUT2D eigenvalue weighted by Gasteiger charge is -2.47. The van der Waals surface area contributed by atoms with Crippen molar-refractivity contribution in [2.45, 2.75) is 71.0 Å². The first-order valence-electron chi connectivity index (χ1n) is 14.5. The number of benzene rings is 3. The van der Waals surface area contributed by atoms with E-state index in [0.717, 1.165) is 53.1 Å². The van der Waals surface area contributed by atoms with Crippen molar-refractivity contribution in [3.8, 4) is 5.75 Å². The molecule has 40 heavy (non-hydrogen) atoms. The standard InChI is InChI=1S/C34H37NO5/c1-22-27-13-15-30(39-21-25-10-7-9-24-8-3-4-12-29(24)25)23(2)32(27)40-33(37)28(22)14-16-31(36)35-19-18-34(38)17-6-5-11-26(34)20-35/h3-4,7-10,12-13,15,26,38H,5-6,11,14,16-21H2,1-2H3/t26-,34+/m0/s1. The molecule has 1 amide bonds. The van der Waals surface area contributed by atoms with Crippen LogP contribution in [0.15, 0.2) is 63.8 Å². The smallest absolute Gasteiger partial charge is 0.339 e. The van der Waals surface area contributed by atoms with Crippen molar-refractivity contribution in [3.63, 3.8) is 0 Å². The summed E-state index contributed by atoms with van der Waals surface area (Å²) in [4.78, 5) is 28.1. The van der Waals surface area contributed by atoms with Gasteiger partial charge in [-0.2, -0.15) is 0 Å². The van der Waals surface area contributed by atoms with Gasteiger partial charge in [-0.25, -0.2) is 4.79 Å². The van der Waals surface area contributed by atoms with E-state index in [1.165, 1.54) is 5.39 Å². The van der Waals surface area contributed by atoms with Gasteiger partial charge in [0.15, 0.2) is 0 Å². The number of piperidine rings is 1. The van der Waals surface area contributed by atoms with Crippen molar-refractivity contribution < 1.29 is 19.1 Å². The predicted molar refractivity (Wildman–Crippen MR) is 157 cm³/mol. The van der Waals surface area contributed by atoms with Crippen LogP contribution < -0.4 is 10.4 Å². The van der Waals surface area contributed by atoms with E-state index < -0.39 is 11.2 Å². The molecule has 4 aromatic rings. The number of hydrogen-bond donors (Lipinski definition) is 1. The molecule has 2 fully saturated rings. The molecule has 1 saturated heterocycles. The van der Waals surface area contributed by atoms with Crippen molar-refractivity contribution in [1.29, 1.82) is 0 Å². The van der Waals surface area contributed by atoms with Gasteiger partial charge in [0, 0.05) is 41.9 Å². The first-order valence-corrected chi connectivity index (χ1v) is 14.5. The second-order valence-corrected chi connectivity index (χ2v) is 11.6. The van der Waals surface area contributed by atoms with E-state index in [1.807, 2.05) is 49.1 Å². The van der Waals surface area contributed by atoms with Gasteiger partial charge < -0.3 is 19.2 Å². The maximum absolute atomic E-state index is 13.1. The summed E-state index contributed by atoms with van der Waals surface area (Å²) in [5.74, 6) is 0.880. The lowest BCUT2D eigenvalue weighted by molar-refractivity contribution is -0.143. The summed E-state index contributed by atoms with van der Waals surface area (Å²) in [6, 6.07) is 18.3. The first-order chi connectivity index (χ1) is 19.3. The Morgan fingerprint density at radius 2 is 1.85 bits per heavy atom. The number of hydrogen-bond acceptors (Lipinski definition) is 5. The molecule has 0 bridgehead atoms. The molecule has 0 radical (unpaired) electrons. The van der Waals surface area contributed by atoms with Crippen LogP contribution >= 0.6 is 0 Å². The number of aryl methyl sites for hydroxylation is 2. The molecule has 1 aromatic heterocycles. The quantitative estimate of drug-likeness (QED) is 0.294. The van der Waals surface area contributed by atoms with E-state index in [-0.39, 0.29) is 18.2 Å². The zero-order valence-electron chi connectivity index (χ0n) is 23.4. The highest BCUT2D eigenvalue weighted by Gasteiger charge is 2.43. The molecule has 2 heterocycles. The zero-order valence-corrected chi connectivity index (χ0v) is 23.4. The lowest BCUT2D eigenvalue weighted by Crippen LogP contribution is -2.54.